The van der Waals surface area contributed by atoms with Crippen molar-refractivity contribution in [2.24, 2.45) is 7.05 Å². The average molecular weight is 289 g/mol. The van der Waals surface area contributed by atoms with Crippen molar-refractivity contribution in [2.45, 2.75) is 0 Å². The maximum Gasteiger partial charge on any atom is 0.212 e. The van der Waals surface area contributed by atoms with E-state index in [9.17, 15) is 0 Å². The highest BCUT2D eigenvalue weighted by molar-refractivity contribution is 5.80. The number of aromatic nitrogens is 1. The third-order valence-electron chi connectivity index (χ3n) is 3.90. The van der Waals surface area contributed by atoms with E-state index < -0.39 is 0 Å². The van der Waals surface area contributed by atoms with Crippen molar-refractivity contribution in [3.05, 3.63) is 71.9 Å². The molecular formula is C20H21N2+. The Hall–Kier alpha value is -2.61. The van der Waals surface area contributed by atoms with E-state index in [0.717, 1.165) is 0 Å². The number of rotatable bonds is 3. The van der Waals surface area contributed by atoms with E-state index in [2.05, 4.69) is 104 Å². The SMILES string of the molecule is CN(C)c1ccc(/C=C/c2ccc3ccc[n+](C)c3c2)cc1. The summed E-state index contributed by atoms with van der Waals surface area (Å²) in [7, 11) is 6.19. The molecule has 1 aromatic heterocycles. The van der Waals surface area contributed by atoms with Crippen LogP contribution in [0.4, 0.5) is 5.69 Å². The molecule has 0 N–H and O–H groups in total. The fraction of sp³-hybridized carbons (Fsp3) is 0.150. The lowest BCUT2D eigenvalue weighted by Gasteiger charge is -2.11. The number of anilines is 1. The van der Waals surface area contributed by atoms with Crippen molar-refractivity contribution in [1.82, 2.24) is 0 Å². The smallest absolute Gasteiger partial charge is 0.212 e. The van der Waals surface area contributed by atoms with E-state index in [1.54, 1.807) is 0 Å². The first-order valence-electron chi connectivity index (χ1n) is 7.47. The van der Waals surface area contributed by atoms with Gasteiger partial charge in [-0.25, -0.2) is 4.57 Å². The van der Waals surface area contributed by atoms with Gasteiger partial charge in [-0.05, 0) is 35.4 Å². The van der Waals surface area contributed by atoms with Gasteiger partial charge in [0.15, 0.2) is 6.20 Å². The quantitative estimate of drug-likeness (QED) is 0.524. The number of benzene rings is 2. The van der Waals surface area contributed by atoms with Crippen LogP contribution in [0.5, 0.6) is 0 Å². The number of hydrogen-bond donors (Lipinski definition) is 0. The van der Waals surface area contributed by atoms with Crippen LogP contribution >= 0.6 is 0 Å². The Balaban J connectivity index is 1.87. The summed E-state index contributed by atoms with van der Waals surface area (Å²) < 4.78 is 2.15. The summed E-state index contributed by atoms with van der Waals surface area (Å²) in [5, 5.41) is 1.26. The van der Waals surface area contributed by atoms with Gasteiger partial charge in [0, 0.05) is 37.3 Å². The lowest BCUT2D eigenvalue weighted by atomic mass is 10.1. The van der Waals surface area contributed by atoms with E-state index in [1.165, 1.54) is 27.7 Å². The molecule has 0 aliphatic heterocycles. The normalized spacial score (nSPS) is 11.2. The predicted molar refractivity (Wildman–Crippen MR) is 94.8 cm³/mol. The van der Waals surface area contributed by atoms with E-state index in [1.807, 2.05) is 0 Å². The molecule has 0 amide bonds. The van der Waals surface area contributed by atoms with Crippen molar-refractivity contribution in [3.8, 4) is 0 Å². The molecule has 0 spiro atoms. The Morgan fingerprint density at radius 2 is 1.55 bits per heavy atom. The highest BCUT2D eigenvalue weighted by Crippen LogP contribution is 2.16. The molecule has 110 valence electrons. The van der Waals surface area contributed by atoms with Gasteiger partial charge in [-0.1, -0.05) is 30.4 Å². The molecule has 2 nitrogen and oxygen atoms in total. The summed E-state index contributed by atoms with van der Waals surface area (Å²) >= 11 is 0. The van der Waals surface area contributed by atoms with Crippen molar-refractivity contribution in [1.29, 1.82) is 0 Å². The number of hydrogen-bond acceptors (Lipinski definition) is 1. The molecule has 3 aromatic rings. The second-order valence-corrected chi connectivity index (χ2v) is 5.76. The fourth-order valence-electron chi connectivity index (χ4n) is 2.54. The largest absolute Gasteiger partial charge is 0.378 e. The zero-order valence-corrected chi connectivity index (χ0v) is 13.3. The average Bonchev–Trinajstić information content (AvgIpc) is 2.54. The first kappa shape index (κ1) is 14.3. The van der Waals surface area contributed by atoms with Gasteiger partial charge in [0.05, 0.1) is 0 Å². The Labute approximate surface area is 131 Å². The fourth-order valence-corrected chi connectivity index (χ4v) is 2.54. The van der Waals surface area contributed by atoms with E-state index in [-0.39, 0.29) is 0 Å². The Bertz CT molecular complexity index is 815. The van der Waals surface area contributed by atoms with Gasteiger partial charge in [-0.3, -0.25) is 0 Å². The predicted octanol–water partition coefficient (Wildman–Crippen LogP) is 3.90. The number of pyridine rings is 1. The molecule has 0 saturated heterocycles. The molecule has 3 rings (SSSR count). The Morgan fingerprint density at radius 3 is 2.27 bits per heavy atom. The van der Waals surface area contributed by atoms with Gasteiger partial charge < -0.3 is 4.90 Å². The summed E-state index contributed by atoms with van der Waals surface area (Å²) in [6.45, 7) is 0. The molecular weight excluding hydrogens is 268 g/mol. The zero-order valence-electron chi connectivity index (χ0n) is 13.3. The van der Waals surface area contributed by atoms with E-state index in [0.29, 0.717) is 0 Å². The summed E-state index contributed by atoms with van der Waals surface area (Å²) in [5.74, 6) is 0. The van der Waals surface area contributed by atoms with Crippen LogP contribution < -0.4 is 9.47 Å². The van der Waals surface area contributed by atoms with Gasteiger partial charge in [-0.2, -0.15) is 0 Å². The van der Waals surface area contributed by atoms with Crippen LogP contribution in [0, 0.1) is 0 Å². The standard InChI is InChI=1S/C20H21N2/c1-21(2)19-12-9-16(10-13-19)6-7-17-8-11-18-5-4-14-22(3)20(18)15-17/h4-15H,1-3H3/q+1. The van der Waals surface area contributed by atoms with Gasteiger partial charge in [0.25, 0.3) is 0 Å². The Morgan fingerprint density at radius 1 is 0.864 bits per heavy atom. The lowest BCUT2D eigenvalue weighted by Crippen LogP contribution is -2.27. The van der Waals surface area contributed by atoms with E-state index >= 15 is 0 Å². The minimum atomic E-state index is 1.21. The number of nitrogens with zero attached hydrogens (tertiary/aromatic N) is 2. The third-order valence-corrected chi connectivity index (χ3v) is 3.90. The third kappa shape index (κ3) is 3.01. The highest BCUT2D eigenvalue weighted by Gasteiger charge is 2.03. The second-order valence-electron chi connectivity index (χ2n) is 5.76. The molecule has 0 aliphatic rings. The molecule has 0 radical (unpaired) electrons. The topological polar surface area (TPSA) is 7.12 Å². The van der Waals surface area contributed by atoms with Crippen molar-refractivity contribution in [3.63, 3.8) is 0 Å². The molecule has 0 saturated carbocycles. The summed E-state index contributed by atoms with van der Waals surface area (Å²) in [6, 6.07) is 19.3. The van der Waals surface area contributed by atoms with Gasteiger partial charge in [0.1, 0.15) is 7.05 Å². The first-order chi connectivity index (χ1) is 10.6. The molecule has 0 fully saturated rings. The van der Waals surface area contributed by atoms with E-state index in [4.69, 9.17) is 0 Å². The molecule has 2 heteroatoms. The van der Waals surface area contributed by atoms with Gasteiger partial charge in [-0.15, -0.1) is 0 Å². The second kappa shape index (κ2) is 6.02. The first-order valence-corrected chi connectivity index (χ1v) is 7.47. The highest BCUT2D eigenvalue weighted by atomic mass is 15.1. The Kier molecular flexibility index (Phi) is 3.92. The molecule has 0 unspecified atom stereocenters. The zero-order chi connectivity index (χ0) is 15.5. The minimum absolute atomic E-state index is 1.21. The molecule has 0 bridgehead atoms. The van der Waals surface area contributed by atoms with Crippen molar-refractivity contribution >= 4 is 28.7 Å². The molecule has 1 heterocycles. The van der Waals surface area contributed by atoms with Crippen LogP contribution in [-0.2, 0) is 7.05 Å². The van der Waals surface area contributed by atoms with Gasteiger partial charge >= 0.3 is 0 Å². The molecule has 0 atom stereocenters. The van der Waals surface area contributed by atoms with Crippen LogP contribution in [0.3, 0.4) is 0 Å². The van der Waals surface area contributed by atoms with Crippen molar-refractivity contribution < 1.29 is 4.57 Å². The lowest BCUT2D eigenvalue weighted by molar-refractivity contribution is -0.644. The monoisotopic (exact) mass is 289 g/mol. The van der Waals surface area contributed by atoms with Crippen molar-refractivity contribution in [2.75, 3.05) is 19.0 Å². The minimum Gasteiger partial charge on any atom is -0.378 e. The molecule has 0 aliphatic carbocycles. The molecule has 22 heavy (non-hydrogen) atoms. The summed E-state index contributed by atoms with van der Waals surface area (Å²) in [5.41, 5.74) is 4.89. The van der Waals surface area contributed by atoms with Gasteiger partial charge in [0.2, 0.25) is 5.52 Å². The maximum absolute atomic E-state index is 2.22. The summed E-state index contributed by atoms with van der Waals surface area (Å²) in [4.78, 5) is 2.11. The maximum atomic E-state index is 2.22. The van der Waals surface area contributed by atoms with Crippen LogP contribution in [0.2, 0.25) is 0 Å². The molecule has 2 aromatic carbocycles. The van der Waals surface area contributed by atoms with Crippen LogP contribution in [0.25, 0.3) is 23.1 Å². The van der Waals surface area contributed by atoms with Crippen LogP contribution in [0.1, 0.15) is 11.1 Å². The van der Waals surface area contributed by atoms with Crippen LogP contribution in [-0.4, -0.2) is 14.1 Å². The number of fused-ring (bicyclic) bond motifs is 1. The summed E-state index contributed by atoms with van der Waals surface area (Å²) in [6.07, 6.45) is 6.40. The van der Waals surface area contributed by atoms with Crippen LogP contribution in [0.15, 0.2) is 60.8 Å². The number of aryl methyl sites for hydroxylation is 1.